The Morgan fingerprint density at radius 2 is 2.18 bits per heavy atom. The summed E-state index contributed by atoms with van der Waals surface area (Å²) in [6.45, 7) is 2.02. The summed E-state index contributed by atoms with van der Waals surface area (Å²) in [5.74, 6) is -0.411. The van der Waals surface area contributed by atoms with Gasteiger partial charge >= 0.3 is 5.97 Å². The van der Waals surface area contributed by atoms with E-state index in [1.165, 1.54) is 0 Å². The highest BCUT2D eigenvalue weighted by molar-refractivity contribution is 9.09. The molecule has 1 fully saturated rings. The van der Waals surface area contributed by atoms with Gasteiger partial charge in [0.25, 0.3) is 0 Å². The van der Waals surface area contributed by atoms with Crippen molar-refractivity contribution in [3.8, 4) is 0 Å². The van der Waals surface area contributed by atoms with Crippen LogP contribution in [0.5, 0.6) is 0 Å². The standard InChI is InChI=1S/C8H13BrO2/c1-5-4-6(9)2-3-7(5)8(10)11/h5-7H,2-4H2,1H3,(H,10,11). The Morgan fingerprint density at radius 3 is 2.64 bits per heavy atom. The third kappa shape index (κ3) is 2.19. The van der Waals surface area contributed by atoms with Crippen molar-refractivity contribution in [3.63, 3.8) is 0 Å². The zero-order valence-corrected chi connectivity index (χ0v) is 8.17. The lowest BCUT2D eigenvalue weighted by molar-refractivity contribution is -0.144. The Balaban J connectivity index is 2.50. The molecule has 64 valence electrons. The molecule has 1 rings (SSSR count). The number of hydrogen-bond donors (Lipinski definition) is 1. The zero-order chi connectivity index (χ0) is 8.43. The number of carboxylic acid groups (broad SMARTS) is 1. The second-order valence-corrected chi connectivity index (χ2v) is 4.63. The van der Waals surface area contributed by atoms with E-state index in [1.807, 2.05) is 6.92 Å². The minimum atomic E-state index is -0.628. The van der Waals surface area contributed by atoms with Crippen molar-refractivity contribution in [1.29, 1.82) is 0 Å². The van der Waals surface area contributed by atoms with Crippen molar-refractivity contribution in [1.82, 2.24) is 0 Å². The van der Waals surface area contributed by atoms with Gasteiger partial charge in [-0.15, -0.1) is 0 Å². The van der Waals surface area contributed by atoms with Gasteiger partial charge in [0.05, 0.1) is 5.92 Å². The first-order valence-corrected chi connectivity index (χ1v) is 4.89. The van der Waals surface area contributed by atoms with E-state index in [1.54, 1.807) is 0 Å². The summed E-state index contributed by atoms with van der Waals surface area (Å²) in [5, 5.41) is 8.78. The van der Waals surface area contributed by atoms with E-state index in [9.17, 15) is 4.79 Å². The van der Waals surface area contributed by atoms with Crippen molar-refractivity contribution in [2.45, 2.75) is 31.0 Å². The van der Waals surface area contributed by atoms with E-state index in [0.717, 1.165) is 19.3 Å². The average molecular weight is 221 g/mol. The summed E-state index contributed by atoms with van der Waals surface area (Å²) in [7, 11) is 0. The fraction of sp³-hybridized carbons (Fsp3) is 0.875. The molecule has 0 spiro atoms. The van der Waals surface area contributed by atoms with Gasteiger partial charge in [0.1, 0.15) is 0 Å². The molecule has 0 aromatic rings. The smallest absolute Gasteiger partial charge is 0.306 e. The molecule has 0 heterocycles. The normalized spacial score (nSPS) is 38.5. The van der Waals surface area contributed by atoms with Gasteiger partial charge in [-0.05, 0) is 25.2 Å². The first-order chi connectivity index (χ1) is 5.11. The first-order valence-electron chi connectivity index (χ1n) is 3.98. The molecule has 3 unspecified atom stereocenters. The lowest BCUT2D eigenvalue weighted by Gasteiger charge is -2.28. The highest BCUT2D eigenvalue weighted by Crippen LogP contribution is 2.33. The van der Waals surface area contributed by atoms with E-state index >= 15 is 0 Å². The van der Waals surface area contributed by atoms with E-state index in [0.29, 0.717) is 10.7 Å². The van der Waals surface area contributed by atoms with E-state index < -0.39 is 5.97 Å². The molecule has 3 heteroatoms. The van der Waals surface area contributed by atoms with Crippen LogP contribution in [0.25, 0.3) is 0 Å². The Labute approximate surface area is 75.1 Å². The molecule has 1 aliphatic rings. The van der Waals surface area contributed by atoms with Crippen molar-refractivity contribution >= 4 is 21.9 Å². The monoisotopic (exact) mass is 220 g/mol. The van der Waals surface area contributed by atoms with Gasteiger partial charge in [-0.2, -0.15) is 0 Å². The molecule has 3 atom stereocenters. The number of carboxylic acids is 1. The van der Waals surface area contributed by atoms with E-state index in [2.05, 4.69) is 15.9 Å². The fourth-order valence-electron chi connectivity index (χ4n) is 1.70. The van der Waals surface area contributed by atoms with Crippen LogP contribution < -0.4 is 0 Å². The van der Waals surface area contributed by atoms with Crippen molar-refractivity contribution in [2.24, 2.45) is 11.8 Å². The Kier molecular flexibility index (Phi) is 2.93. The second kappa shape index (κ2) is 3.57. The molecular formula is C8H13BrO2. The average Bonchev–Trinajstić information content (AvgIpc) is 1.85. The minimum absolute atomic E-state index is 0.108. The van der Waals surface area contributed by atoms with Gasteiger partial charge in [0.15, 0.2) is 0 Å². The fourth-order valence-corrected chi connectivity index (χ4v) is 2.55. The molecule has 11 heavy (non-hydrogen) atoms. The predicted molar refractivity (Wildman–Crippen MR) is 46.9 cm³/mol. The van der Waals surface area contributed by atoms with Crippen molar-refractivity contribution < 1.29 is 9.90 Å². The highest BCUT2D eigenvalue weighted by Gasteiger charge is 2.30. The maximum absolute atomic E-state index is 10.7. The highest BCUT2D eigenvalue weighted by atomic mass is 79.9. The number of alkyl halides is 1. The molecule has 0 aromatic heterocycles. The van der Waals surface area contributed by atoms with Crippen LogP contribution in [-0.4, -0.2) is 15.9 Å². The van der Waals surface area contributed by atoms with E-state index in [4.69, 9.17) is 5.11 Å². The third-order valence-corrected chi connectivity index (χ3v) is 3.25. The largest absolute Gasteiger partial charge is 0.481 e. The molecule has 0 aliphatic heterocycles. The van der Waals surface area contributed by atoms with Crippen LogP contribution in [0.2, 0.25) is 0 Å². The summed E-state index contributed by atoms with van der Waals surface area (Å²) in [4.78, 5) is 11.2. The molecule has 0 bridgehead atoms. The quantitative estimate of drug-likeness (QED) is 0.689. The topological polar surface area (TPSA) is 37.3 Å². The number of halogens is 1. The van der Waals surface area contributed by atoms with Gasteiger partial charge in [0.2, 0.25) is 0 Å². The van der Waals surface area contributed by atoms with Gasteiger partial charge in [-0.25, -0.2) is 0 Å². The third-order valence-electron chi connectivity index (χ3n) is 2.42. The van der Waals surface area contributed by atoms with Gasteiger partial charge < -0.3 is 5.11 Å². The molecule has 0 amide bonds. The van der Waals surface area contributed by atoms with Crippen molar-refractivity contribution in [2.75, 3.05) is 0 Å². The van der Waals surface area contributed by atoms with Crippen LogP contribution in [0.3, 0.4) is 0 Å². The number of carbonyl (C=O) groups is 1. The van der Waals surface area contributed by atoms with Crippen LogP contribution in [0.1, 0.15) is 26.2 Å². The predicted octanol–water partition coefficient (Wildman–Crippen LogP) is 2.27. The maximum atomic E-state index is 10.7. The molecule has 0 aromatic carbocycles. The van der Waals surface area contributed by atoms with Crippen LogP contribution in [0, 0.1) is 11.8 Å². The first kappa shape index (κ1) is 9.04. The molecule has 1 saturated carbocycles. The summed E-state index contributed by atoms with van der Waals surface area (Å²) in [6.07, 6.45) is 2.82. The zero-order valence-electron chi connectivity index (χ0n) is 6.59. The van der Waals surface area contributed by atoms with Gasteiger partial charge in [-0.3, -0.25) is 4.79 Å². The molecule has 2 nitrogen and oxygen atoms in total. The molecular weight excluding hydrogens is 208 g/mol. The second-order valence-electron chi connectivity index (χ2n) is 3.33. The van der Waals surface area contributed by atoms with Crippen LogP contribution in [0.4, 0.5) is 0 Å². The SMILES string of the molecule is CC1CC(Br)CCC1C(=O)O. The summed E-state index contributed by atoms with van der Waals surface area (Å²) >= 11 is 3.51. The molecule has 0 radical (unpaired) electrons. The number of hydrogen-bond acceptors (Lipinski definition) is 1. The van der Waals surface area contributed by atoms with Crippen LogP contribution in [0.15, 0.2) is 0 Å². The Hall–Kier alpha value is -0.0500. The Bertz CT molecular complexity index is 158. The summed E-state index contributed by atoms with van der Waals surface area (Å²) < 4.78 is 0. The summed E-state index contributed by atoms with van der Waals surface area (Å²) in [5.41, 5.74) is 0. The van der Waals surface area contributed by atoms with E-state index in [-0.39, 0.29) is 5.92 Å². The number of aliphatic carboxylic acids is 1. The minimum Gasteiger partial charge on any atom is -0.481 e. The molecule has 1 aliphatic carbocycles. The maximum Gasteiger partial charge on any atom is 0.306 e. The van der Waals surface area contributed by atoms with Crippen LogP contribution >= 0.6 is 15.9 Å². The van der Waals surface area contributed by atoms with Crippen molar-refractivity contribution in [3.05, 3.63) is 0 Å². The molecule has 0 saturated heterocycles. The van der Waals surface area contributed by atoms with Gasteiger partial charge in [0, 0.05) is 4.83 Å². The van der Waals surface area contributed by atoms with Crippen LogP contribution in [-0.2, 0) is 4.79 Å². The molecule has 1 N–H and O–H groups in total. The number of rotatable bonds is 1. The Morgan fingerprint density at radius 1 is 1.55 bits per heavy atom. The lowest BCUT2D eigenvalue weighted by Crippen LogP contribution is -2.28. The van der Waals surface area contributed by atoms with Gasteiger partial charge in [-0.1, -0.05) is 22.9 Å². The summed E-state index contributed by atoms with van der Waals surface area (Å²) in [6, 6.07) is 0. The lowest BCUT2D eigenvalue weighted by atomic mass is 9.80.